The van der Waals surface area contributed by atoms with Gasteiger partial charge in [-0.1, -0.05) is 0 Å². The van der Waals surface area contributed by atoms with Crippen LogP contribution in [0.2, 0.25) is 0 Å². The summed E-state index contributed by atoms with van der Waals surface area (Å²) in [6.45, 7) is 1.30. The summed E-state index contributed by atoms with van der Waals surface area (Å²) in [5.74, 6) is 0.412. The second-order valence-electron chi connectivity index (χ2n) is 3.56. The van der Waals surface area contributed by atoms with Gasteiger partial charge in [-0.15, -0.1) is 11.6 Å². The first kappa shape index (κ1) is 11.3. The summed E-state index contributed by atoms with van der Waals surface area (Å²) in [5.41, 5.74) is 0. The van der Waals surface area contributed by atoms with Gasteiger partial charge in [0, 0.05) is 18.2 Å². The third-order valence-corrected chi connectivity index (χ3v) is 3.79. The van der Waals surface area contributed by atoms with E-state index in [1.807, 2.05) is 0 Å². The average molecular weight is 227 g/mol. The maximum absolute atomic E-state index is 10.9. The second kappa shape index (κ2) is 4.62. The van der Waals surface area contributed by atoms with E-state index in [-0.39, 0.29) is 17.0 Å². The third kappa shape index (κ3) is 4.29. The molecular formula is C8H15ClO3S. The van der Waals surface area contributed by atoms with Crippen LogP contribution >= 0.6 is 11.6 Å². The van der Waals surface area contributed by atoms with Crippen LogP contribution in [0.25, 0.3) is 0 Å². The van der Waals surface area contributed by atoms with Gasteiger partial charge in [-0.3, -0.25) is 0 Å². The van der Waals surface area contributed by atoms with Gasteiger partial charge in [0.1, 0.15) is 9.84 Å². The quantitative estimate of drug-likeness (QED) is 0.676. The SMILES string of the molecule is CS(=O)(=O)CCC1COCCC1Cl. The molecule has 1 aliphatic heterocycles. The number of hydrogen-bond acceptors (Lipinski definition) is 3. The molecule has 0 saturated carbocycles. The monoisotopic (exact) mass is 226 g/mol. The van der Waals surface area contributed by atoms with Crippen molar-refractivity contribution < 1.29 is 13.2 Å². The molecule has 1 heterocycles. The first-order chi connectivity index (χ1) is 5.99. The Morgan fingerprint density at radius 3 is 2.77 bits per heavy atom. The highest BCUT2D eigenvalue weighted by Gasteiger charge is 2.24. The van der Waals surface area contributed by atoms with Crippen molar-refractivity contribution in [2.45, 2.75) is 18.2 Å². The molecule has 0 aliphatic carbocycles. The standard InChI is InChI=1S/C8H15ClO3S/c1-13(10,11)5-3-7-6-12-4-2-8(7)9/h7-8H,2-6H2,1H3. The van der Waals surface area contributed by atoms with Crippen LogP contribution in [0.5, 0.6) is 0 Å². The van der Waals surface area contributed by atoms with Crippen LogP contribution in [0.15, 0.2) is 0 Å². The second-order valence-corrected chi connectivity index (χ2v) is 6.38. The van der Waals surface area contributed by atoms with Crippen LogP contribution in [0, 0.1) is 5.92 Å². The minimum Gasteiger partial charge on any atom is -0.381 e. The van der Waals surface area contributed by atoms with Gasteiger partial charge >= 0.3 is 0 Å². The van der Waals surface area contributed by atoms with Gasteiger partial charge < -0.3 is 4.74 Å². The smallest absolute Gasteiger partial charge is 0.147 e. The first-order valence-electron chi connectivity index (χ1n) is 4.38. The van der Waals surface area contributed by atoms with Crippen molar-refractivity contribution in [2.24, 2.45) is 5.92 Å². The summed E-state index contributed by atoms with van der Waals surface area (Å²) in [5, 5.41) is 0.0792. The summed E-state index contributed by atoms with van der Waals surface area (Å²) < 4.78 is 27.0. The lowest BCUT2D eigenvalue weighted by Gasteiger charge is -2.26. The van der Waals surface area contributed by atoms with Crippen LogP contribution in [-0.2, 0) is 14.6 Å². The minimum absolute atomic E-state index is 0.0792. The zero-order chi connectivity index (χ0) is 9.90. The average Bonchev–Trinajstić information content (AvgIpc) is 2.01. The van der Waals surface area contributed by atoms with Crippen molar-refractivity contribution in [3.8, 4) is 0 Å². The predicted octanol–water partition coefficient (Wildman–Crippen LogP) is 1.07. The molecule has 0 N–H and O–H groups in total. The fourth-order valence-corrected chi connectivity index (χ4v) is 2.42. The van der Waals surface area contributed by atoms with Crippen LogP contribution in [0.3, 0.4) is 0 Å². The molecule has 0 spiro atoms. The topological polar surface area (TPSA) is 43.4 Å². The predicted molar refractivity (Wildman–Crippen MR) is 52.9 cm³/mol. The molecule has 0 radical (unpaired) electrons. The highest BCUT2D eigenvalue weighted by molar-refractivity contribution is 7.90. The van der Waals surface area contributed by atoms with E-state index in [4.69, 9.17) is 16.3 Å². The van der Waals surface area contributed by atoms with Gasteiger partial charge in [0.05, 0.1) is 12.4 Å². The summed E-state index contributed by atoms with van der Waals surface area (Å²) in [6.07, 6.45) is 2.70. The van der Waals surface area contributed by atoms with E-state index in [2.05, 4.69) is 0 Å². The van der Waals surface area contributed by atoms with Gasteiger partial charge in [0.2, 0.25) is 0 Å². The Bertz CT molecular complexity index is 250. The number of alkyl halides is 1. The molecule has 0 bridgehead atoms. The lowest BCUT2D eigenvalue weighted by atomic mass is 9.99. The van der Waals surface area contributed by atoms with E-state index < -0.39 is 9.84 Å². The molecule has 13 heavy (non-hydrogen) atoms. The Kier molecular flexibility index (Phi) is 4.01. The Balaban J connectivity index is 2.35. The molecule has 0 amide bonds. The maximum atomic E-state index is 10.9. The first-order valence-corrected chi connectivity index (χ1v) is 6.88. The summed E-state index contributed by atoms with van der Waals surface area (Å²) in [4.78, 5) is 0. The van der Waals surface area contributed by atoms with Crippen LogP contribution in [0.4, 0.5) is 0 Å². The van der Waals surface area contributed by atoms with Crippen molar-refractivity contribution in [2.75, 3.05) is 25.2 Å². The molecule has 3 nitrogen and oxygen atoms in total. The summed E-state index contributed by atoms with van der Waals surface area (Å²) in [7, 11) is -2.86. The Labute approximate surface area is 84.3 Å². The molecule has 1 aliphatic rings. The molecule has 5 heteroatoms. The summed E-state index contributed by atoms with van der Waals surface area (Å²) in [6, 6.07) is 0. The third-order valence-electron chi connectivity index (χ3n) is 2.24. The van der Waals surface area contributed by atoms with E-state index >= 15 is 0 Å². The minimum atomic E-state index is -2.86. The van der Waals surface area contributed by atoms with Gasteiger partial charge in [0.15, 0.2) is 0 Å². The van der Waals surface area contributed by atoms with E-state index in [1.54, 1.807) is 0 Å². The fraction of sp³-hybridized carbons (Fsp3) is 1.00. The van der Waals surface area contributed by atoms with Crippen LogP contribution in [0.1, 0.15) is 12.8 Å². The lowest BCUT2D eigenvalue weighted by molar-refractivity contribution is 0.0566. The molecule has 78 valence electrons. The van der Waals surface area contributed by atoms with Gasteiger partial charge in [0.25, 0.3) is 0 Å². The maximum Gasteiger partial charge on any atom is 0.147 e. The van der Waals surface area contributed by atoms with Crippen molar-refractivity contribution in [3.63, 3.8) is 0 Å². The lowest BCUT2D eigenvalue weighted by Crippen LogP contribution is -2.29. The molecule has 0 aromatic heterocycles. The van der Waals surface area contributed by atoms with Gasteiger partial charge in [-0.05, 0) is 18.8 Å². The van der Waals surface area contributed by atoms with Crippen molar-refractivity contribution in [1.82, 2.24) is 0 Å². The molecule has 2 atom stereocenters. The van der Waals surface area contributed by atoms with Crippen molar-refractivity contribution in [1.29, 1.82) is 0 Å². The van der Waals surface area contributed by atoms with Gasteiger partial charge in [-0.25, -0.2) is 8.42 Å². The van der Waals surface area contributed by atoms with E-state index in [9.17, 15) is 8.42 Å². The molecule has 0 aromatic rings. The highest BCUT2D eigenvalue weighted by Crippen LogP contribution is 2.23. The molecule has 2 unspecified atom stereocenters. The number of halogens is 1. The van der Waals surface area contributed by atoms with Crippen LogP contribution < -0.4 is 0 Å². The van der Waals surface area contributed by atoms with E-state index in [0.717, 1.165) is 6.42 Å². The molecule has 0 aromatic carbocycles. The Morgan fingerprint density at radius 2 is 2.23 bits per heavy atom. The van der Waals surface area contributed by atoms with E-state index in [1.165, 1.54) is 6.26 Å². The zero-order valence-electron chi connectivity index (χ0n) is 7.70. The van der Waals surface area contributed by atoms with E-state index in [0.29, 0.717) is 19.6 Å². The Hall–Kier alpha value is 0.200. The number of hydrogen-bond donors (Lipinski definition) is 0. The number of sulfone groups is 1. The normalized spacial score (nSPS) is 30.3. The van der Waals surface area contributed by atoms with Crippen molar-refractivity contribution >= 4 is 21.4 Å². The van der Waals surface area contributed by atoms with Crippen molar-refractivity contribution in [3.05, 3.63) is 0 Å². The van der Waals surface area contributed by atoms with Crippen LogP contribution in [-0.4, -0.2) is 39.0 Å². The highest BCUT2D eigenvalue weighted by atomic mass is 35.5. The molecule has 1 rings (SSSR count). The molecular weight excluding hydrogens is 212 g/mol. The van der Waals surface area contributed by atoms with Gasteiger partial charge in [-0.2, -0.15) is 0 Å². The zero-order valence-corrected chi connectivity index (χ0v) is 9.27. The molecule has 1 saturated heterocycles. The summed E-state index contributed by atoms with van der Waals surface area (Å²) >= 11 is 6.04. The Morgan fingerprint density at radius 1 is 1.54 bits per heavy atom. The number of rotatable bonds is 3. The number of ether oxygens (including phenoxy) is 1. The largest absolute Gasteiger partial charge is 0.381 e. The molecule has 1 fully saturated rings. The fourth-order valence-electron chi connectivity index (χ4n) is 1.40.